The fourth-order valence-electron chi connectivity index (χ4n) is 8.89. The second kappa shape index (κ2) is 12.7. The Labute approximate surface area is 250 Å². The molecule has 2 aromatic carbocycles. The van der Waals surface area contributed by atoms with E-state index in [0.717, 1.165) is 13.1 Å². The molecule has 0 bridgehead atoms. The summed E-state index contributed by atoms with van der Waals surface area (Å²) >= 11 is 0. The Morgan fingerprint density at radius 2 is 1.34 bits per heavy atom. The highest BCUT2D eigenvalue weighted by atomic mass is 15.2. The maximum atomic E-state index is 2.73. The zero-order valence-corrected chi connectivity index (χ0v) is 26.0. The van der Waals surface area contributed by atoms with E-state index in [1.165, 1.54) is 114 Å². The predicted molar refractivity (Wildman–Crippen MR) is 176 cm³/mol. The van der Waals surface area contributed by atoms with Crippen LogP contribution in [0.5, 0.6) is 0 Å². The molecule has 6 rings (SSSR count). The lowest BCUT2D eigenvalue weighted by atomic mass is 9.67. The summed E-state index contributed by atoms with van der Waals surface area (Å²) in [5.74, 6) is 0. The molecule has 2 aromatic rings. The largest absolute Gasteiger partial charge is 0.344 e. The van der Waals surface area contributed by atoms with Gasteiger partial charge in [-0.15, -0.1) is 0 Å². The molecule has 2 heteroatoms. The van der Waals surface area contributed by atoms with Crippen LogP contribution in [0.2, 0.25) is 0 Å². The first kappa shape index (κ1) is 28.5. The molecule has 41 heavy (non-hydrogen) atoms. The molecule has 2 fully saturated rings. The highest BCUT2D eigenvalue weighted by molar-refractivity contribution is 6.04. The lowest BCUT2D eigenvalue weighted by Gasteiger charge is -2.37. The summed E-state index contributed by atoms with van der Waals surface area (Å²) in [5, 5.41) is 0. The molecule has 2 heterocycles. The van der Waals surface area contributed by atoms with Gasteiger partial charge in [0, 0.05) is 47.5 Å². The SMILES string of the molecule is CCCCCN1C(=CC=CC2=[N+](CCCCC)c3ccccc3C23CCCCC3)C2(CCCCC2)c2ccccc21. The van der Waals surface area contributed by atoms with Crippen molar-refractivity contribution in [3.05, 3.63) is 83.6 Å². The molecule has 2 aliphatic carbocycles. The topological polar surface area (TPSA) is 6.25 Å². The molecule has 2 nitrogen and oxygen atoms in total. The van der Waals surface area contributed by atoms with Crippen molar-refractivity contribution in [2.45, 2.75) is 127 Å². The fraction of sp³-hybridized carbons (Fsp3) is 0.564. The minimum Gasteiger partial charge on any atom is -0.344 e. The van der Waals surface area contributed by atoms with E-state index in [9.17, 15) is 0 Å². The standard InChI is InChI=1S/C39H53N2/c1-3-5-17-30-40-34-22-11-9-20-32(34)38(26-13-7-14-27-38)36(40)24-19-25-37-39(28-15-8-16-29-39)33-21-10-12-23-35(33)41(37)31-18-6-4-2/h9-12,19-25H,3-8,13-18,26-31H2,1-2H3/q+1. The normalized spacial score (nSPS) is 21.9. The second-order valence-corrected chi connectivity index (χ2v) is 13.3. The van der Waals surface area contributed by atoms with Crippen molar-refractivity contribution in [1.82, 2.24) is 0 Å². The van der Waals surface area contributed by atoms with Crippen molar-refractivity contribution in [2.24, 2.45) is 0 Å². The molecule has 0 atom stereocenters. The van der Waals surface area contributed by atoms with Gasteiger partial charge in [-0.05, 0) is 56.2 Å². The van der Waals surface area contributed by atoms with Gasteiger partial charge in [0.1, 0.15) is 6.54 Å². The van der Waals surface area contributed by atoms with Gasteiger partial charge < -0.3 is 4.90 Å². The molecule has 2 aliphatic heterocycles. The number of anilines is 1. The van der Waals surface area contributed by atoms with E-state index in [1.54, 1.807) is 22.5 Å². The Hall–Kier alpha value is -2.61. The van der Waals surface area contributed by atoms with Gasteiger partial charge in [0.2, 0.25) is 5.69 Å². The summed E-state index contributed by atoms with van der Waals surface area (Å²) in [7, 11) is 0. The van der Waals surface area contributed by atoms with Gasteiger partial charge in [-0.2, -0.15) is 4.58 Å². The first-order chi connectivity index (χ1) is 20.2. The summed E-state index contributed by atoms with van der Waals surface area (Å²) in [4.78, 5) is 2.73. The van der Waals surface area contributed by atoms with Crippen LogP contribution in [-0.2, 0) is 10.8 Å². The Bertz CT molecular complexity index is 1280. The number of rotatable bonds is 10. The molecule has 4 aliphatic rings. The molecular weight excluding hydrogens is 496 g/mol. The molecule has 218 valence electrons. The summed E-state index contributed by atoms with van der Waals surface area (Å²) in [6.45, 7) is 6.93. The van der Waals surface area contributed by atoms with Crippen molar-refractivity contribution in [3.8, 4) is 0 Å². The summed E-state index contributed by atoms with van der Waals surface area (Å²) in [6.07, 6.45) is 28.6. The number of fused-ring (bicyclic) bond motifs is 4. The zero-order valence-electron chi connectivity index (χ0n) is 26.0. The van der Waals surface area contributed by atoms with Crippen LogP contribution in [0.15, 0.2) is 72.5 Å². The second-order valence-electron chi connectivity index (χ2n) is 13.3. The molecule has 0 radical (unpaired) electrons. The third-order valence-corrected chi connectivity index (χ3v) is 10.9. The number of hydrogen-bond donors (Lipinski definition) is 0. The van der Waals surface area contributed by atoms with Gasteiger partial charge in [-0.3, -0.25) is 0 Å². The number of allylic oxidation sites excluding steroid dienone is 4. The molecule has 2 saturated carbocycles. The van der Waals surface area contributed by atoms with Crippen molar-refractivity contribution >= 4 is 17.1 Å². The zero-order chi connectivity index (χ0) is 28.1. The van der Waals surface area contributed by atoms with Crippen LogP contribution in [0.3, 0.4) is 0 Å². The van der Waals surface area contributed by atoms with E-state index in [0.29, 0.717) is 0 Å². The molecular formula is C39H53N2+. The lowest BCUT2D eigenvalue weighted by Crippen LogP contribution is -2.36. The van der Waals surface area contributed by atoms with Crippen molar-refractivity contribution in [2.75, 3.05) is 18.0 Å². The van der Waals surface area contributed by atoms with Crippen LogP contribution in [0, 0.1) is 0 Å². The quantitative estimate of drug-likeness (QED) is 0.211. The van der Waals surface area contributed by atoms with Gasteiger partial charge in [0.25, 0.3) is 0 Å². The Kier molecular flexibility index (Phi) is 8.84. The van der Waals surface area contributed by atoms with Gasteiger partial charge in [-0.1, -0.05) is 114 Å². The third-order valence-electron chi connectivity index (χ3n) is 10.9. The lowest BCUT2D eigenvalue weighted by molar-refractivity contribution is -0.438. The van der Waals surface area contributed by atoms with Crippen LogP contribution in [0.4, 0.5) is 11.4 Å². The number of unbranched alkanes of at least 4 members (excludes halogenated alkanes) is 4. The average molecular weight is 550 g/mol. The predicted octanol–water partition coefficient (Wildman–Crippen LogP) is 10.5. The maximum absolute atomic E-state index is 2.73. The molecule has 0 saturated heterocycles. The van der Waals surface area contributed by atoms with E-state index in [1.807, 2.05) is 0 Å². The van der Waals surface area contributed by atoms with Crippen LogP contribution in [-0.4, -0.2) is 23.4 Å². The van der Waals surface area contributed by atoms with Crippen molar-refractivity contribution in [1.29, 1.82) is 0 Å². The van der Waals surface area contributed by atoms with E-state index >= 15 is 0 Å². The minimum absolute atomic E-state index is 0.193. The van der Waals surface area contributed by atoms with Gasteiger partial charge in [-0.25, -0.2) is 0 Å². The average Bonchev–Trinajstić information content (AvgIpc) is 3.41. The maximum Gasteiger partial charge on any atom is 0.209 e. The molecule has 0 amide bonds. The van der Waals surface area contributed by atoms with E-state index < -0.39 is 0 Å². The molecule has 0 aromatic heterocycles. The molecule has 2 spiro atoms. The third kappa shape index (κ3) is 5.15. The minimum atomic E-state index is 0.193. The van der Waals surface area contributed by atoms with Crippen LogP contribution < -0.4 is 4.90 Å². The van der Waals surface area contributed by atoms with Crippen LogP contribution >= 0.6 is 0 Å². The fourth-order valence-corrected chi connectivity index (χ4v) is 8.89. The van der Waals surface area contributed by atoms with E-state index in [-0.39, 0.29) is 10.8 Å². The highest BCUT2D eigenvalue weighted by Gasteiger charge is 2.51. The summed E-state index contributed by atoms with van der Waals surface area (Å²) < 4.78 is 2.73. The van der Waals surface area contributed by atoms with Crippen LogP contribution in [0.25, 0.3) is 0 Å². The van der Waals surface area contributed by atoms with E-state index in [4.69, 9.17) is 0 Å². The van der Waals surface area contributed by atoms with Gasteiger partial charge >= 0.3 is 0 Å². The first-order valence-electron chi connectivity index (χ1n) is 17.3. The summed E-state index contributed by atoms with van der Waals surface area (Å²) in [6, 6.07) is 18.8. The van der Waals surface area contributed by atoms with E-state index in [2.05, 4.69) is 90.1 Å². The van der Waals surface area contributed by atoms with Crippen molar-refractivity contribution < 1.29 is 4.58 Å². The first-order valence-corrected chi connectivity index (χ1v) is 17.3. The Morgan fingerprint density at radius 1 is 0.707 bits per heavy atom. The smallest absolute Gasteiger partial charge is 0.209 e. The summed E-state index contributed by atoms with van der Waals surface area (Å²) in [5.41, 5.74) is 9.71. The van der Waals surface area contributed by atoms with Gasteiger partial charge in [0.15, 0.2) is 5.71 Å². The Balaban J connectivity index is 1.42. The molecule has 0 unspecified atom stereocenters. The number of benzene rings is 2. The Morgan fingerprint density at radius 3 is 2.07 bits per heavy atom. The number of hydrogen-bond acceptors (Lipinski definition) is 1. The van der Waals surface area contributed by atoms with Gasteiger partial charge in [0.05, 0.1) is 5.41 Å². The number of nitrogens with zero attached hydrogens (tertiary/aromatic N) is 2. The monoisotopic (exact) mass is 549 g/mol. The van der Waals surface area contributed by atoms with Crippen LogP contribution in [0.1, 0.15) is 128 Å². The number of para-hydroxylation sites is 2. The molecule has 0 N–H and O–H groups in total. The van der Waals surface area contributed by atoms with Crippen molar-refractivity contribution in [3.63, 3.8) is 0 Å². The highest BCUT2D eigenvalue weighted by Crippen LogP contribution is 2.55.